The van der Waals surface area contributed by atoms with Gasteiger partial charge in [-0.25, -0.2) is 4.79 Å². The van der Waals surface area contributed by atoms with Crippen LogP contribution in [0, 0.1) is 0 Å². The molecule has 0 aromatic rings. The van der Waals surface area contributed by atoms with Gasteiger partial charge in [0.1, 0.15) is 6.61 Å². The summed E-state index contributed by atoms with van der Waals surface area (Å²) in [6, 6.07) is -0.619. The Morgan fingerprint density at radius 3 is 1.69 bits per heavy atom. The molecule has 278 valence electrons. The third-order valence-corrected chi connectivity index (χ3v) is 8.29. The fraction of sp³-hybridized carbons (Fsp3) is 0.775. The van der Waals surface area contributed by atoms with Crippen LogP contribution in [-0.4, -0.2) is 80.6 Å². The van der Waals surface area contributed by atoms with Crippen LogP contribution in [0.5, 0.6) is 0 Å². The number of rotatable bonds is 33. The van der Waals surface area contributed by atoms with Crippen molar-refractivity contribution in [1.82, 2.24) is 0 Å². The maximum absolute atomic E-state index is 12.6. The predicted octanol–water partition coefficient (Wildman–Crippen LogP) is 9.52. The van der Waals surface area contributed by atoms with E-state index in [1.165, 1.54) is 51.4 Å². The van der Waals surface area contributed by atoms with Crippen molar-refractivity contribution in [3.8, 4) is 0 Å². The van der Waals surface area contributed by atoms with Gasteiger partial charge in [0.15, 0.2) is 12.1 Å². The number of nitrogens with zero attached hydrogens (tertiary/aromatic N) is 1. The Morgan fingerprint density at radius 2 is 1.12 bits per heavy atom. The van der Waals surface area contributed by atoms with Gasteiger partial charge in [0.2, 0.25) is 0 Å². The number of allylic oxidation sites excluding steroid dienone is 6. The van der Waals surface area contributed by atoms with Gasteiger partial charge in [0.05, 0.1) is 34.4 Å². The van der Waals surface area contributed by atoms with Gasteiger partial charge in [-0.1, -0.05) is 108 Å². The zero-order valence-corrected chi connectivity index (χ0v) is 31.4. The topological polar surface area (TPSA) is 99.1 Å². The molecule has 0 aromatic heterocycles. The summed E-state index contributed by atoms with van der Waals surface area (Å²) in [6.07, 6.45) is 33.3. The monoisotopic (exact) mass is 679 g/mol. The number of carbonyl (C=O) groups excluding carboxylic acids is 2. The van der Waals surface area contributed by atoms with Crippen molar-refractivity contribution >= 4 is 17.9 Å². The molecule has 2 atom stereocenters. The molecule has 0 saturated carbocycles. The minimum atomic E-state index is -0.883. The van der Waals surface area contributed by atoms with Crippen LogP contribution in [0.3, 0.4) is 0 Å². The zero-order valence-electron chi connectivity index (χ0n) is 31.4. The van der Waals surface area contributed by atoms with Gasteiger partial charge in [-0.3, -0.25) is 9.59 Å². The van der Waals surface area contributed by atoms with Crippen molar-refractivity contribution in [3.05, 3.63) is 36.5 Å². The number of aliphatic carboxylic acids is 1. The smallest absolute Gasteiger partial charge is 0.362 e. The normalized spacial score (nSPS) is 13.4. The van der Waals surface area contributed by atoms with Crippen LogP contribution in [0.2, 0.25) is 0 Å². The molecule has 8 heteroatoms. The van der Waals surface area contributed by atoms with Crippen molar-refractivity contribution in [2.24, 2.45) is 0 Å². The van der Waals surface area contributed by atoms with Gasteiger partial charge in [-0.2, -0.15) is 0 Å². The molecule has 0 amide bonds. The van der Waals surface area contributed by atoms with Crippen LogP contribution in [0.25, 0.3) is 0 Å². The van der Waals surface area contributed by atoms with Crippen LogP contribution in [0.15, 0.2) is 36.5 Å². The van der Waals surface area contributed by atoms with Crippen molar-refractivity contribution in [2.45, 2.75) is 161 Å². The Hall–Kier alpha value is -2.45. The highest BCUT2D eigenvalue weighted by Crippen LogP contribution is 2.12. The Bertz CT molecular complexity index is 891. The lowest BCUT2D eigenvalue weighted by Gasteiger charge is -2.31. The largest absolute Gasteiger partial charge is 0.477 e. The van der Waals surface area contributed by atoms with E-state index in [2.05, 4.69) is 50.3 Å². The maximum atomic E-state index is 12.6. The summed E-state index contributed by atoms with van der Waals surface area (Å²) >= 11 is 0. The number of ether oxygens (including phenoxy) is 3. The molecule has 0 radical (unpaired) electrons. The number of likely N-dealkylation sites (N-methyl/N-ethyl adjacent to an activating group) is 1. The van der Waals surface area contributed by atoms with E-state index in [1.807, 2.05) is 21.1 Å². The highest BCUT2D eigenvalue weighted by molar-refractivity contribution is 5.72. The van der Waals surface area contributed by atoms with Gasteiger partial charge < -0.3 is 23.8 Å². The molecule has 2 unspecified atom stereocenters. The molecule has 0 bridgehead atoms. The summed E-state index contributed by atoms with van der Waals surface area (Å²) in [6.45, 7) is 4.61. The SMILES string of the molecule is CCCC/C=C/C=C/CCCCCC(=O)OCC(COCCC(C(=O)O)[N+](C)(C)C)OC(=O)CCCCC/C=C/CCCCCCCC. The summed E-state index contributed by atoms with van der Waals surface area (Å²) in [4.78, 5) is 36.7. The van der Waals surface area contributed by atoms with Crippen LogP contribution in [0.1, 0.15) is 149 Å². The molecule has 0 fully saturated rings. The van der Waals surface area contributed by atoms with Crippen molar-refractivity contribution in [2.75, 3.05) is 41.0 Å². The van der Waals surface area contributed by atoms with Crippen molar-refractivity contribution in [1.29, 1.82) is 0 Å². The number of carboxylic acids is 1. The van der Waals surface area contributed by atoms with E-state index in [-0.39, 0.29) is 36.2 Å². The highest BCUT2D eigenvalue weighted by atomic mass is 16.6. The number of quaternary nitrogens is 1. The van der Waals surface area contributed by atoms with E-state index < -0.39 is 18.1 Å². The molecule has 0 aliphatic heterocycles. The van der Waals surface area contributed by atoms with E-state index in [0.717, 1.165) is 64.2 Å². The van der Waals surface area contributed by atoms with Gasteiger partial charge in [-0.15, -0.1) is 0 Å². The quantitative estimate of drug-likeness (QED) is 0.0243. The Balaban J connectivity index is 4.50. The summed E-state index contributed by atoms with van der Waals surface area (Å²) in [5.41, 5.74) is 0. The minimum Gasteiger partial charge on any atom is -0.477 e. The van der Waals surface area contributed by atoms with E-state index >= 15 is 0 Å². The molecule has 0 spiro atoms. The van der Waals surface area contributed by atoms with E-state index in [9.17, 15) is 19.5 Å². The molecule has 8 nitrogen and oxygen atoms in total. The zero-order chi connectivity index (χ0) is 35.7. The molecule has 0 saturated heterocycles. The second-order valence-electron chi connectivity index (χ2n) is 13.9. The van der Waals surface area contributed by atoms with E-state index in [4.69, 9.17) is 14.2 Å². The molecule has 0 aliphatic carbocycles. The van der Waals surface area contributed by atoms with Gasteiger partial charge in [0.25, 0.3) is 0 Å². The summed E-state index contributed by atoms with van der Waals surface area (Å²) in [5, 5.41) is 9.57. The average Bonchev–Trinajstić information content (AvgIpc) is 3.03. The van der Waals surface area contributed by atoms with Gasteiger partial charge in [-0.05, 0) is 57.8 Å². The molecule has 0 heterocycles. The third kappa shape index (κ3) is 29.7. The molecular formula is C40H72NO7+. The number of hydrogen-bond donors (Lipinski definition) is 1. The van der Waals surface area contributed by atoms with E-state index in [0.29, 0.717) is 19.3 Å². The lowest BCUT2D eigenvalue weighted by atomic mass is 10.1. The lowest BCUT2D eigenvalue weighted by Crippen LogP contribution is -2.50. The Kier molecular flexibility index (Phi) is 30.2. The molecule has 48 heavy (non-hydrogen) atoms. The Morgan fingerprint density at radius 1 is 0.625 bits per heavy atom. The van der Waals surface area contributed by atoms with Crippen LogP contribution in [0.4, 0.5) is 0 Å². The van der Waals surface area contributed by atoms with Gasteiger partial charge in [0, 0.05) is 19.3 Å². The van der Waals surface area contributed by atoms with Crippen LogP contribution in [-0.2, 0) is 28.6 Å². The molecular weight excluding hydrogens is 606 g/mol. The van der Waals surface area contributed by atoms with Crippen LogP contribution < -0.4 is 0 Å². The maximum Gasteiger partial charge on any atom is 0.362 e. The first-order chi connectivity index (χ1) is 23.1. The first kappa shape index (κ1) is 45.6. The van der Waals surface area contributed by atoms with Crippen molar-refractivity contribution < 1.29 is 38.2 Å². The molecule has 0 aliphatic rings. The predicted molar refractivity (Wildman–Crippen MR) is 197 cm³/mol. The standard InChI is InChI=1S/C40H71NO7/c1-6-8-10-12-14-16-18-19-21-23-25-27-29-31-39(43)48-36(34-46-33-32-37(40(44)45)41(3,4)5)35-47-38(42)30-28-26-24-22-20-17-15-13-11-9-7-2/h13,15,17,19-21,36-37H,6-12,14,16,18,22-35H2,1-5H3/p+1/b15-13+,20-17+,21-19+. The van der Waals surface area contributed by atoms with Crippen molar-refractivity contribution in [3.63, 3.8) is 0 Å². The molecule has 0 aromatic carbocycles. The summed E-state index contributed by atoms with van der Waals surface area (Å²) < 4.78 is 17.1. The summed E-state index contributed by atoms with van der Waals surface area (Å²) in [5.74, 6) is -1.53. The fourth-order valence-electron chi connectivity index (χ4n) is 5.24. The molecule has 0 rings (SSSR count). The number of carboxylic acid groups (broad SMARTS) is 1. The Labute approximate surface area is 293 Å². The third-order valence-electron chi connectivity index (χ3n) is 8.29. The highest BCUT2D eigenvalue weighted by Gasteiger charge is 2.31. The number of esters is 2. The minimum absolute atomic E-state index is 0.0468. The second kappa shape index (κ2) is 31.8. The lowest BCUT2D eigenvalue weighted by molar-refractivity contribution is -0.887. The summed E-state index contributed by atoms with van der Waals surface area (Å²) in [7, 11) is 5.50. The first-order valence-corrected chi connectivity index (χ1v) is 19.0. The van der Waals surface area contributed by atoms with Gasteiger partial charge >= 0.3 is 17.9 Å². The van der Waals surface area contributed by atoms with E-state index in [1.54, 1.807) is 0 Å². The first-order valence-electron chi connectivity index (χ1n) is 19.0. The second-order valence-corrected chi connectivity index (χ2v) is 13.9. The van der Waals surface area contributed by atoms with Crippen LogP contribution >= 0.6 is 0 Å². The average molecular weight is 679 g/mol. The fourth-order valence-corrected chi connectivity index (χ4v) is 5.24. The molecule has 1 N–H and O–H groups in total. The number of unbranched alkanes of at least 4 members (excludes halogenated alkanes) is 14. The number of hydrogen-bond acceptors (Lipinski definition) is 6. The number of carbonyl (C=O) groups is 3.